The Kier molecular flexibility index (Phi) is 5.11. The highest BCUT2D eigenvalue weighted by molar-refractivity contribution is 5.29. The Labute approximate surface area is 122 Å². The van der Waals surface area contributed by atoms with Gasteiger partial charge in [0.25, 0.3) is 0 Å². The molecule has 0 aliphatic heterocycles. The Morgan fingerprint density at radius 3 is 2.43 bits per heavy atom. The van der Waals surface area contributed by atoms with Crippen LogP contribution in [-0.2, 0) is 0 Å². The maximum absolute atomic E-state index is 12.9. The van der Waals surface area contributed by atoms with Gasteiger partial charge in [0.15, 0.2) is 0 Å². The second-order valence-electron chi connectivity index (χ2n) is 5.58. The number of methoxy groups -OCH3 is 1. The van der Waals surface area contributed by atoms with Gasteiger partial charge in [-0.05, 0) is 42.9 Å². The number of alkyl halides is 3. The molecule has 1 fully saturated rings. The van der Waals surface area contributed by atoms with Crippen LogP contribution in [0.4, 0.5) is 13.2 Å². The molecular formula is C15H21F3N2O. The van der Waals surface area contributed by atoms with Crippen LogP contribution in [0.25, 0.3) is 0 Å². The maximum atomic E-state index is 12.9. The molecule has 3 unspecified atom stereocenters. The average Bonchev–Trinajstić information content (AvgIpc) is 2.48. The monoisotopic (exact) mass is 302 g/mol. The highest BCUT2D eigenvalue weighted by Gasteiger charge is 2.43. The van der Waals surface area contributed by atoms with Crippen molar-refractivity contribution in [2.45, 2.75) is 37.9 Å². The summed E-state index contributed by atoms with van der Waals surface area (Å²) in [6.07, 6.45) is -2.42. The van der Waals surface area contributed by atoms with Crippen molar-refractivity contribution in [2.24, 2.45) is 17.7 Å². The Hall–Kier alpha value is -1.27. The van der Waals surface area contributed by atoms with Crippen molar-refractivity contribution in [3.63, 3.8) is 0 Å². The molecule has 3 nitrogen and oxygen atoms in total. The first kappa shape index (κ1) is 16.1. The lowest BCUT2D eigenvalue weighted by Gasteiger charge is -2.35. The fourth-order valence-corrected chi connectivity index (χ4v) is 3.14. The van der Waals surface area contributed by atoms with E-state index in [4.69, 9.17) is 10.6 Å². The molecule has 0 bridgehead atoms. The van der Waals surface area contributed by atoms with E-state index >= 15 is 0 Å². The fraction of sp³-hybridized carbons (Fsp3) is 0.600. The Bertz CT molecular complexity index is 447. The summed E-state index contributed by atoms with van der Waals surface area (Å²) in [6.45, 7) is 0. The number of hydrogen-bond acceptors (Lipinski definition) is 3. The molecule has 0 spiro atoms. The zero-order chi connectivity index (χ0) is 15.5. The zero-order valence-corrected chi connectivity index (χ0v) is 12.0. The molecule has 1 aromatic carbocycles. The highest BCUT2D eigenvalue weighted by atomic mass is 19.4. The second kappa shape index (κ2) is 6.66. The molecule has 2 rings (SSSR count). The summed E-state index contributed by atoms with van der Waals surface area (Å²) >= 11 is 0. The SMILES string of the molecule is COc1ccc(C(NN)C2CCCC(C(F)(F)F)C2)cc1. The van der Waals surface area contributed by atoms with Gasteiger partial charge >= 0.3 is 6.18 Å². The Morgan fingerprint density at radius 2 is 1.90 bits per heavy atom. The van der Waals surface area contributed by atoms with E-state index in [-0.39, 0.29) is 24.8 Å². The van der Waals surface area contributed by atoms with Crippen molar-refractivity contribution in [1.29, 1.82) is 0 Å². The van der Waals surface area contributed by atoms with Crippen LogP contribution in [-0.4, -0.2) is 13.3 Å². The number of benzene rings is 1. The smallest absolute Gasteiger partial charge is 0.391 e. The molecule has 0 aromatic heterocycles. The van der Waals surface area contributed by atoms with E-state index in [2.05, 4.69) is 5.43 Å². The van der Waals surface area contributed by atoms with Crippen LogP contribution in [0.5, 0.6) is 5.75 Å². The van der Waals surface area contributed by atoms with E-state index < -0.39 is 12.1 Å². The normalized spacial score (nSPS) is 24.6. The molecule has 0 radical (unpaired) electrons. The van der Waals surface area contributed by atoms with Crippen LogP contribution in [0.3, 0.4) is 0 Å². The van der Waals surface area contributed by atoms with Crippen molar-refractivity contribution in [3.8, 4) is 5.75 Å². The number of ether oxygens (including phenoxy) is 1. The van der Waals surface area contributed by atoms with E-state index in [1.807, 2.05) is 12.1 Å². The van der Waals surface area contributed by atoms with Crippen molar-refractivity contribution >= 4 is 0 Å². The van der Waals surface area contributed by atoms with Crippen molar-refractivity contribution in [2.75, 3.05) is 7.11 Å². The maximum Gasteiger partial charge on any atom is 0.391 e. The minimum atomic E-state index is -4.11. The quantitative estimate of drug-likeness (QED) is 0.660. The third-order valence-electron chi connectivity index (χ3n) is 4.30. The third kappa shape index (κ3) is 3.89. The standard InChI is InChI=1S/C15H21F3N2O/c1-21-13-7-5-10(6-8-13)14(20-19)11-3-2-4-12(9-11)15(16,17)18/h5-8,11-12,14,20H,2-4,9,19H2,1H3. The van der Waals surface area contributed by atoms with Gasteiger partial charge in [0, 0.05) is 6.04 Å². The minimum Gasteiger partial charge on any atom is -0.497 e. The van der Waals surface area contributed by atoms with E-state index in [0.717, 1.165) is 12.0 Å². The molecule has 1 saturated carbocycles. The van der Waals surface area contributed by atoms with Crippen LogP contribution in [0.2, 0.25) is 0 Å². The van der Waals surface area contributed by atoms with E-state index in [1.54, 1.807) is 19.2 Å². The largest absolute Gasteiger partial charge is 0.497 e. The summed E-state index contributed by atoms with van der Waals surface area (Å²) in [5.74, 6) is 4.99. The van der Waals surface area contributed by atoms with E-state index in [1.165, 1.54) is 0 Å². The number of nitrogens with two attached hydrogens (primary N) is 1. The number of hydrazine groups is 1. The van der Waals surface area contributed by atoms with Gasteiger partial charge in [0.05, 0.1) is 13.0 Å². The van der Waals surface area contributed by atoms with Crippen LogP contribution < -0.4 is 16.0 Å². The summed E-state index contributed by atoms with van der Waals surface area (Å²) in [5, 5.41) is 0. The lowest BCUT2D eigenvalue weighted by atomic mass is 9.76. The molecule has 1 aliphatic rings. The van der Waals surface area contributed by atoms with E-state index in [9.17, 15) is 13.2 Å². The lowest BCUT2D eigenvalue weighted by molar-refractivity contribution is -0.186. The van der Waals surface area contributed by atoms with Crippen LogP contribution >= 0.6 is 0 Å². The topological polar surface area (TPSA) is 47.3 Å². The summed E-state index contributed by atoms with van der Waals surface area (Å²) < 4.78 is 43.8. The summed E-state index contributed by atoms with van der Waals surface area (Å²) in [4.78, 5) is 0. The molecule has 1 aliphatic carbocycles. The van der Waals surface area contributed by atoms with Crippen LogP contribution in [0.15, 0.2) is 24.3 Å². The molecule has 118 valence electrons. The average molecular weight is 302 g/mol. The molecule has 3 atom stereocenters. The summed E-state index contributed by atoms with van der Waals surface area (Å²) in [7, 11) is 1.57. The fourth-order valence-electron chi connectivity index (χ4n) is 3.14. The number of nitrogens with one attached hydrogen (secondary N) is 1. The minimum absolute atomic E-state index is 0.108. The van der Waals surface area contributed by atoms with Gasteiger partial charge in [-0.2, -0.15) is 13.2 Å². The van der Waals surface area contributed by atoms with Gasteiger partial charge in [-0.3, -0.25) is 11.3 Å². The lowest BCUT2D eigenvalue weighted by Crippen LogP contribution is -2.38. The molecule has 3 N–H and O–H groups in total. The van der Waals surface area contributed by atoms with Gasteiger partial charge in [-0.15, -0.1) is 0 Å². The molecule has 6 heteroatoms. The Morgan fingerprint density at radius 1 is 1.24 bits per heavy atom. The number of rotatable bonds is 4. The first-order valence-corrected chi connectivity index (χ1v) is 7.12. The third-order valence-corrected chi connectivity index (χ3v) is 4.30. The van der Waals surface area contributed by atoms with Gasteiger partial charge in [0.1, 0.15) is 5.75 Å². The molecule has 21 heavy (non-hydrogen) atoms. The zero-order valence-electron chi connectivity index (χ0n) is 12.0. The molecule has 0 amide bonds. The molecule has 0 saturated heterocycles. The first-order valence-electron chi connectivity index (χ1n) is 7.12. The first-order chi connectivity index (χ1) is 9.95. The van der Waals surface area contributed by atoms with Gasteiger partial charge in [-0.25, -0.2) is 0 Å². The van der Waals surface area contributed by atoms with Gasteiger partial charge in [-0.1, -0.05) is 18.6 Å². The predicted octanol–water partition coefficient (Wildman–Crippen LogP) is 3.57. The predicted molar refractivity (Wildman–Crippen MR) is 74.6 cm³/mol. The summed E-state index contributed by atoms with van der Waals surface area (Å²) in [5.41, 5.74) is 3.58. The van der Waals surface area contributed by atoms with Crippen molar-refractivity contribution < 1.29 is 17.9 Å². The highest BCUT2D eigenvalue weighted by Crippen LogP contribution is 2.43. The van der Waals surface area contributed by atoms with Crippen molar-refractivity contribution in [1.82, 2.24) is 5.43 Å². The van der Waals surface area contributed by atoms with E-state index in [0.29, 0.717) is 12.2 Å². The molecule has 0 heterocycles. The Balaban J connectivity index is 2.12. The van der Waals surface area contributed by atoms with Crippen LogP contribution in [0.1, 0.15) is 37.3 Å². The van der Waals surface area contributed by atoms with Crippen LogP contribution in [0, 0.1) is 11.8 Å². The second-order valence-corrected chi connectivity index (χ2v) is 5.58. The van der Waals surface area contributed by atoms with Gasteiger partial charge < -0.3 is 4.74 Å². The van der Waals surface area contributed by atoms with Crippen molar-refractivity contribution in [3.05, 3.63) is 29.8 Å². The number of hydrogen-bond donors (Lipinski definition) is 2. The van der Waals surface area contributed by atoms with Gasteiger partial charge in [0.2, 0.25) is 0 Å². The molecular weight excluding hydrogens is 281 g/mol. The number of halogens is 3. The summed E-state index contributed by atoms with van der Waals surface area (Å²) in [6, 6.07) is 7.02. The molecule has 1 aromatic rings.